The van der Waals surface area contributed by atoms with E-state index in [1.54, 1.807) is 0 Å². The SMILES string of the molecule is c1ccc(-c2ccc3c(c2)Cc2cccc4c2N3c2cnccc2C4)cc1. The Morgan fingerprint density at radius 1 is 0.630 bits per heavy atom. The van der Waals surface area contributed by atoms with Crippen LogP contribution in [0.5, 0.6) is 0 Å². The maximum absolute atomic E-state index is 4.42. The van der Waals surface area contributed by atoms with Gasteiger partial charge in [-0.1, -0.05) is 54.6 Å². The smallest absolute Gasteiger partial charge is 0.0680 e. The van der Waals surface area contributed by atoms with E-state index in [1.807, 2.05) is 12.4 Å². The van der Waals surface area contributed by atoms with Gasteiger partial charge in [0.25, 0.3) is 0 Å². The lowest BCUT2D eigenvalue weighted by molar-refractivity contribution is 1.00. The lowest BCUT2D eigenvalue weighted by Crippen LogP contribution is -2.24. The van der Waals surface area contributed by atoms with Crippen molar-refractivity contribution in [1.82, 2.24) is 4.98 Å². The van der Waals surface area contributed by atoms with Gasteiger partial charge in [-0.05, 0) is 51.6 Å². The summed E-state index contributed by atoms with van der Waals surface area (Å²) in [4.78, 5) is 6.84. The standard InChI is InChI=1S/C25H18N2/c1-2-5-17(6-3-1)18-9-10-23-22(13-18)15-21-8-4-7-20-14-19-11-12-26-16-24(19)27(23)25(20)21/h1-13,16H,14-15H2. The molecule has 128 valence electrons. The summed E-state index contributed by atoms with van der Waals surface area (Å²) in [7, 11) is 0. The quantitative estimate of drug-likeness (QED) is 0.361. The predicted molar refractivity (Wildman–Crippen MR) is 110 cm³/mol. The number of hydrogen-bond acceptors (Lipinski definition) is 2. The molecule has 2 heteroatoms. The summed E-state index contributed by atoms with van der Waals surface area (Å²) >= 11 is 0. The van der Waals surface area contributed by atoms with Crippen LogP contribution in [0.3, 0.4) is 0 Å². The maximum atomic E-state index is 4.42. The van der Waals surface area contributed by atoms with Crippen LogP contribution in [0.25, 0.3) is 11.1 Å². The number of hydrogen-bond donors (Lipinski definition) is 0. The number of aromatic nitrogens is 1. The lowest BCUT2D eigenvalue weighted by Gasteiger charge is -2.39. The molecule has 0 bridgehead atoms. The molecule has 0 saturated carbocycles. The Labute approximate surface area is 158 Å². The van der Waals surface area contributed by atoms with Crippen molar-refractivity contribution in [3.05, 3.63) is 107 Å². The number of benzene rings is 3. The number of pyridine rings is 1. The van der Waals surface area contributed by atoms with E-state index in [2.05, 4.69) is 82.7 Å². The van der Waals surface area contributed by atoms with Gasteiger partial charge in [0.1, 0.15) is 0 Å². The van der Waals surface area contributed by atoms with Gasteiger partial charge in [0.2, 0.25) is 0 Å². The fourth-order valence-electron chi connectivity index (χ4n) is 4.52. The van der Waals surface area contributed by atoms with Crippen molar-refractivity contribution in [2.24, 2.45) is 0 Å². The van der Waals surface area contributed by atoms with Crippen LogP contribution in [0.15, 0.2) is 85.2 Å². The third-order valence-electron chi connectivity index (χ3n) is 5.74. The maximum Gasteiger partial charge on any atom is 0.0680 e. The number of fused-ring (bicyclic) bond motifs is 4. The van der Waals surface area contributed by atoms with Crippen LogP contribution in [0.1, 0.15) is 22.3 Å². The third-order valence-corrected chi connectivity index (χ3v) is 5.74. The highest BCUT2D eigenvalue weighted by Crippen LogP contribution is 2.50. The fourth-order valence-corrected chi connectivity index (χ4v) is 4.52. The van der Waals surface area contributed by atoms with E-state index >= 15 is 0 Å². The van der Waals surface area contributed by atoms with Gasteiger partial charge in [-0.2, -0.15) is 0 Å². The first-order valence-corrected chi connectivity index (χ1v) is 9.40. The highest BCUT2D eigenvalue weighted by Gasteiger charge is 2.31. The molecule has 0 amide bonds. The minimum Gasteiger partial charge on any atom is -0.308 e. The summed E-state index contributed by atoms with van der Waals surface area (Å²) < 4.78 is 0. The van der Waals surface area contributed by atoms with Gasteiger partial charge in [0.05, 0.1) is 17.6 Å². The van der Waals surface area contributed by atoms with Crippen molar-refractivity contribution in [2.75, 3.05) is 4.90 Å². The summed E-state index contributed by atoms with van der Waals surface area (Å²) in [6.07, 6.45) is 5.87. The Hall–Kier alpha value is -3.39. The molecule has 27 heavy (non-hydrogen) atoms. The summed E-state index contributed by atoms with van der Waals surface area (Å²) in [5, 5.41) is 0. The van der Waals surface area contributed by atoms with Crippen LogP contribution >= 0.6 is 0 Å². The minimum absolute atomic E-state index is 0.977. The number of nitrogens with zero attached hydrogens (tertiary/aromatic N) is 2. The first kappa shape index (κ1) is 14.7. The second-order valence-corrected chi connectivity index (χ2v) is 7.33. The van der Waals surface area contributed by atoms with E-state index in [1.165, 1.54) is 50.4 Å². The molecule has 2 aliphatic heterocycles. The molecule has 0 unspecified atom stereocenters. The first-order valence-electron chi connectivity index (χ1n) is 9.40. The van der Waals surface area contributed by atoms with Crippen molar-refractivity contribution in [2.45, 2.75) is 12.8 Å². The zero-order valence-electron chi connectivity index (χ0n) is 14.9. The Morgan fingerprint density at radius 2 is 1.44 bits per heavy atom. The fraction of sp³-hybridized carbons (Fsp3) is 0.0800. The summed E-state index contributed by atoms with van der Waals surface area (Å²) in [5.41, 5.74) is 11.9. The Balaban J connectivity index is 1.58. The van der Waals surface area contributed by atoms with E-state index in [-0.39, 0.29) is 0 Å². The van der Waals surface area contributed by atoms with E-state index in [9.17, 15) is 0 Å². The second kappa shape index (κ2) is 5.55. The molecule has 3 heterocycles. The molecule has 0 saturated heterocycles. The first-order chi connectivity index (χ1) is 13.4. The van der Waals surface area contributed by atoms with Crippen LogP contribution in [0.4, 0.5) is 17.1 Å². The Bertz CT molecular complexity index is 1180. The van der Waals surface area contributed by atoms with Gasteiger partial charge in [-0.25, -0.2) is 0 Å². The van der Waals surface area contributed by atoms with Gasteiger partial charge < -0.3 is 4.90 Å². The van der Waals surface area contributed by atoms with Crippen LogP contribution in [-0.2, 0) is 12.8 Å². The minimum atomic E-state index is 0.977. The average molecular weight is 346 g/mol. The average Bonchev–Trinajstić information content (AvgIpc) is 2.74. The molecule has 1 aromatic heterocycles. The largest absolute Gasteiger partial charge is 0.308 e. The van der Waals surface area contributed by atoms with E-state index in [0.717, 1.165) is 12.8 Å². The van der Waals surface area contributed by atoms with E-state index < -0.39 is 0 Å². The molecule has 3 aromatic carbocycles. The molecule has 0 atom stereocenters. The van der Waals surface area contributed by atoms with Crippen LogP contribution in [0, 0.1) is 0 Å². The summed E-state index contributed by atoms with van der Waals surface area (Å²) in [6.45, 7) is 0. The third kappa shape index (κ3) is 2.16. The van der Waals surface area contributed by atoms with Crippen molar-refractivity contribution < 1.29 is 0 Å². The van der Waals surface area contributed by atoms with Gasteiger partial charge >= 0.3 is 0 Å². The number of rotatable bonds is 1. The molecule has 2 nitrogen and oxygen atoms in total. The predicted octanol–water partition coefficient (Wildman–Crippen LogP) is 6.03. The molecular weight excluding hydrogens is 328 g/mol. The summed E-state index contributed by atoms with van der Waals surface area (Å²) in [6, 6.07) is 26.4. The highest BCUT2D eigenvalue weighted by atomic mass is 15.2. The van der Waals surface area contributed by atoms with Gasteiger partial charge in [-0.3, -0.25) is 4.98 Å². The van der Waals surface area contributed by atoms with Crippen molar-refractivity contribution in [3.63, 3.8) is 0 Å². The Morgan fingerprint density at radius 3 is 2.30 bits per heavy atom. The molecular formula is C25H18N2. The highest BCUT2D eigenvalue weighted by molar-refractivity contribution is 5.89. The molecule has 6 rings (SSSR count). The van der Waals surface area contributed by atoms with Crippen LogP contribution < -0.4 is 4.90 Å². The normalized spacial score (nSPS) is 13.6. The van der Waals surface area contributed by atoms with Crippen LogP contribution in [-0.4, -0.2) is 4.98 Å². The zero-order valence-corrected chi connectivity index (χ0v) is 14.9. The molecule has 0 radical (unpaired) electrons. The zero-order chi connectivity index (χ0) is 17.8. The van der Waals surface area contributed by atoms with Crippen molar-refractivity contribution >= 4 is 17.1 Å². The van der Waals surface area contributed by atoms with E-state index in [4.69, 9.17) is 0 Å². The van der Waals surface area contributed by atoms with Gasteiger partial charge in [0, 0.05) is 24.7 Å². The Kier molecular flexibility index (Phi) is 3.03. The molecule has 0 N–H and O–H groups in total. The molecule has 4 aromatic rings. The second-order valence-electron chi connectivity index (χ2n) is 7.33. The molecule has 0 aliphatic carbocycles. The lowest BCUT2D eigenvalue weighted by atomic mass is 9.86. The number of para-hydroxylation sites is 1. The van der Waals surface area contributed by atoms with E-state index in [0.29, 0.717) is 0 Å². The molecule has 0 fully saturated rings. The molecule has 0 spiro atoms. The van der Waals surface area contributed by atoms with Gasteiger partial charge in [0.15, 0.2) is 0 Å². The van der Waals surface area contributed by atoms with Crippen molar-refractivity contribution in [3.8, 4) is 11.1 Å². The van der Waals surface area contributed by atoms with Crippen LogP contribution in [0.2, 0.25) is 0 Å². The topological polar surface area (TPSA) is 16.1 Å². The number of anilines is 3. The molecule has 2 aliphatic rings. The monoisotopic (exact) mass is 346 g/mol. The summed E-state index contributed by atoms with van der Waals surface area (Å²) in [5.74, 6) is 0. The van der Waals surface area contributed by atoms with Gasteiger partial charge in [-0.15, -0.1) is 0 Å². The van der Waals surface area contributed by atoms with Crippen molar-refractivity contribution in [1.29, 1.82) is 0 Å².